The van der Waals surface area contributed by atoms with Gasteiger partial charge in [-0.3, -0.25) is 4.79 Å². The van der Waals surface area contributed by atoms with E-state index in [4.69, 9.17) is 15.6 Å². The lowest BCUT2D eigenvalue weighted by Gasteiger charge is -2.28. The first-order chi connectivity index (χ1) is 7.22. The minimum absolute atomic E-state index is 0.291. The van der Waals surface area contributed by atoms with Crippen molar-refractivity contribution in [1.82, 2.24) is 0 Å². The van der Waals surface area contributed by atoms with E-state index < -0.39 is 12.1 Å². The van der Waals surface area contributed by atoms with Crippen molar-refractivity contribution in [2.75, 3.05) is 11.9 Å². The van der Waals surface area contributed by atoms with Crippen molar-refractivity contribution in [3.63, 3.8) is 0 Å². The van der Waals surface area contributed by atoms with E-state index >= 15 is 0 Å². The predicted octanol–water partition coefficient (Wildman–Crippen LogP) is -0.294. The highest BCUT2D eigenvalue weighted by Crippen LogP contribution is 2.29. The maximum atomic E-state index is 11.5. The number of aliphatic hydroxyl groups excluding tert-OH is 1. The summed E-state index contributed by atoms with van der Waals surface area (Å²) in [6.07, 6.45) is -0.829. The molecular weight excluding hydrogens is 196 g/mol. The SMILES string of the molecule is NC(CO)C1Oc2ccccc2NC1=O. The van der Waals surface area contributed by atoms with E-state index in [-0.39, 0.29) is 12.5 Å². The van der Waals surface area contributed by atoms with Gasteiger partial charge in [0.05, 0.1) is 18.3 Å². The Morgan fingerprint density at radius 3 is 3.00 bits per heavy atom. The fourth-order valence-electron chi connectivity index (χ4n) is 1.44. The molecule has 15 heavy (non-hydrogen) atoms. The molecule has 1 aliphatic rings. The Kier molecular flexibility index (Phi) is 2.57. The summed E-state index contributed by atoms with van der Waals surface area (Å²) >= 11 is 0. The van der Waals surface area contributed by atoms with Crippen molar-refractivity contribution in [2.24, 2.45) is 5.73 Å². The van der Waals surface area contributed by atoms with Crippen LogP contribution in [0.15, 0.2) is 24.3 Å². The molecule has 4 N–H and O–H groups in total. The Balaban J connectivity index is 2.26. The summed E-state index contributed by atoms with van der Waals surface area (Å²) < 4.78 is 5.40. The molecule has 0 saturated carbocycles. The number of nitrogens with one attached hydrogen (secondary N) is 1. The standard InChI is InChI=1S/C10H12N2O3/c11-6(5-13)9-10(14)12-7-3-1-2-4-8(7)15-9/h1-4,6,9,13H,5,11H2,(H,12,14). The van der Waals surface area contributed by atoms with Gasteiger partial charge in [-0.05, 0) is 12.1 Å². The van der Waals surface area contributed by atoms with Gasteiger partial charge in [-0.15, -0.1) is 0 Å². The summed E-state index contributed by atoms with van der Waals surface area (Å²) in [6, 6.07) is 6.38. The lowest BCUT2D eigenvalue weighted by atomic mass is 10.1. The molecule has 0 bridgehead atoms. The third-order valence-corrected chi connectivity index (χ3v) is 2.26. The number of hydrogen-bond donors (Lipinski definition) is 3. The summed E-state index contributed by atoms with van der Waals surface area (Å²) in [7, 11) is 0. The lowest BCUT2D eigenvalue weighted by molar-refractivity contribution is -0.124. The number of nitrogens with two attached hydrogens (primary N) is 1. The average molecular weight is 208 g/mol. The fraction of sp³-hybridized carbons (Fsp3) is 0.300. The second-order valence-electron chi connectivity index (χ2n) is 3.37. The first-order valence-electron chi connectivity index (χ1n) is 4.65. The third-order valence-electron chi connectivity index (χ3n) is 2.26. The molecule has 1 aromatic rings. The van der Waals surface area contributed by atoms with E-state index in [2.05, 4.69) is 5.32 Å². The zero-order valence-corrected chi connectivity index (χ0v) is 8.01. The summed E-state index contributed by atoms with van der Waals surface area (Å²) in [5.41, 5.74) is 6.19. The normalized spacial score (nSPS) is 21.2. The number of hydrogen-bond acceptors (Lipinski definition) is 4. The van der Waals surface area contributed by atoms with E-state index in [1.54, 1.807) is 24.3 Å². The largest absolute Gasteiger partial charge is 0.477 e. The van der Waals surface area contributed by atoms with Crippen LogP contribution in [-0.2, 0) is 4.79 Å². The van der Waals surface area contributed by atoms with E-state index in [1.807, 2.05) is 0 Å². The lowest BCUT2D eigenvalue weighted by Crippen LogP contribution is -2.51. The summed E-state index contributed by atoms with van der Waals surface area (Å²) in [4.78, 5) is 11.5. The Labute approximate surface area is 86.8 Å². The monoisotopic (exact) mass is 208 g/mol. The predicted molar refractivity (Wildman–Crippen MR) is 54.5 cm³/mol. The van der Waals surface area contributed by atoms with Crippen LogP contribution in [0.25, 0.3) is 0 Å². The van der Waals surface area contributed by atoms with Crippen LogP contribution in [-0.4, -0.2) is 29.8 Å². The number of fused-ring (bicyclic) bond motifs is 1. The number of rotatable bonds is 2. The van der Waals surface area contributed by atoms with Crippen LogP contribution < -0.4 is 15.8 Å². The van der Waals surface area contributed by atoms with Crippen LogP contribution in [0.3, 0.4) is 0 Å². The van der Waals surface area contributed by atoms with Gasteiger partial charge in [0.2, 0.25) is 0 Å². The highest BCUT2D eigenvalue weighted by molar-refractivity contribution is 5.98. The molecule has 1 amide bonds. The highest BCUT2D eigenvalue weighted by Gasteiger charge is 2.32. The number of carbonyl (C=O) groups excluding carboxylic acids is 1. The number of benzene rings is 1. The smallest absolute Gasteiger partial charge is 0.267 e. The average Bonchev–Trinajstić information content (AvgIpc) is 2.27. The molecule has 5 heteroatoms. The van der Waals surface area contributed by atoms with E-state index in [0.29, 0.717) is 11.4 Å². The molecule has 0 aromatic heterocycles. The van der Waals surface area contributed by atoms with E-state index in [9.17, 15) is 4.79 Å². The maximum absolute atomic E-state index is 11.5. The molecule has 2 rings (SSSR count). The molecule has 2 atom stereocenters. The fourth-order valence-corrected chi connectivity index (χ4v) is 1.44. The number of carbonyl (C=O) groups is 1. The van der Waals surface area contributed by atoms with Crippen LogP contribution in [0.4, 0.5) is 5.69 Å². The van der Waals surface area contributed by atoms with Crippen LogP contribution in [0.2, 0.25) is 0 Å². The minimum atomic E-state index is -0.829. The maximum Gasteiger partial charge on any atom is 0.267 e. The van der Waals surface area contributed by atoms with Crippen molar-refractivity contribution in [1.29, 1.82) is 0 Å². The van der Waals surface area contributed by atoms with Crippen LogP contribution in [0.1, 0.15) is 0 Å². The number of anilines is 1. The summed E-state index contributed by atoms with van der Waals surface area (Å²) in [5.74, 6) is 0.251. The zero-order chi connectivity index (χ0) is 10.8. The Hall–Kier alpha value is -1.59. The zero-order valence-electron chi connectivity index (χ0n) is 8.01. The van der Waals surface area contributed by atoms with Crippen molar-refractivity contribution in [2.45, 2.75) is 12.1 Å². The summed E-state index contributed by atoms with van der Waals surface area (Å²) in [6.45, 7) is -0.291. The molecule has 80 valence electrons. The van der Waals surface area contributed by atoms with Crippen molar-refractivity contribution >= 4 is 11.6 Å². The van der Waals surface area contributed by atoms with E-state index in [1.165, 1.54) is 0 Å². The molecule has 0 aliphatic carbocycles. The van der Waals surface area contributed by atoms with Crippen molar-refractivity contribution < 1.29 is 14.6 Å². The molecule has 0 saturated heterocycles. The van der Waals surface area contributed by atoms with Gasteiger partial charge in [-0.1, -0.05) is 12.1 Å². The quantitative estimate of drug-likeness (QED) is 0.623. The number of aliphatic hydroxyl groups is 1. The van der Waals surface area contributed by atoms with Gasteiger partial charge in [-0.2, -0.15) is 0 Å². The number of amides is 1. The number of para-hydroxylation sites is 2. The molecule has 1 aromatic carbocycles. The topological polar surface area (TPSA) is 84.6 Å². The molecule has 1 heterocycles. The molecule has 5 nitrogen and oxygen atoms in total. The van der Waals surface area contributed by atoms with Crippen LogP contribution in [0.5, 0.6) is 5.75 Å². The van der Waals surface area contributed by atoms with Crippen LogP contribution >= 0.6 is 0 Å². The van der Waals surface area contributed by atoms with Crippen LogP contribution in [0, 0.1) is 0 Å². The van der Waals surface area contributed by atoms with Gasteiger partial charge in [0.1, 0.15) is 5.75 Å². The molecule has 0 spiro atoms. The van der Waals surface area contributed by atoms with Gasteiger partial charge in [0, 0.05) is 0 Å². The molecular formula is C10H12N2O3. The minimum Gasteiger partial charge on any atom is -0.477 e. The molecule has 0 fully saturated rings. The molecule has 2 unspecified atom stereocenters. The highest BCUT2D eigenvalue weighted by atomic mass is 16.5. The Morgan fingerprint density at radius 2 is 2.27 bits per heavy atom. The third kappa shape index (κ3) is 1.79. The van der Waals surface area contributed by atoms with E-state index in [0.717, 1.165) is 0 Å². The number of ether oxygens (including phenoxy) is 1. The molecule has 1 aliphatic heterocycles. The second kappa shape index (κ2) is 3.88. The Morgan fingerprint density at radius 1 is 1.53 bits per heavy atom. The summed E-state index contributed by atoms with van der Waals surface area (Å²) in [5, 5.41) is 11.5. The van der Waals surface area contributed by atoms with Gasteiger partial charge >= 0.3 is 0 Å². The first kappa shape index (κ1) is 9.95. The van der Waals surface area contributed by atoms with Gasteiger partial charge in [-0.25, -0.2) is 0 Å². The second-order valence-corrected chi connectivity index (χ2v) is 3.37. The van der Waals surface area contributed by atoms with Crippen molar-refractivity contribution in [3.8, 4) is 5.75 Å². The van der Waals surface area contributed by atoms with Gasteiger partial charge in [0.15, 0.2) is 6.10 Å². The first-order valence-corrected chi connectivity index (χ1v) is 4.65. The molecule has 0 radical (unpaired) electrons. The Bertz CT molecular complexity index is 381. The van der Waals surface area contributed by atoms with Gasteiger partial charge in [0.25, 0.3) is 5.91 Å². The van der Waals surface area contributed by atoms with Gasteiger partial charge < -0.3 is 20.9 Å². The van der Waals surface area contributed by atoms with Crippen molar-refractivity contribution in [3.05, 3.63) is 24.3 Å².